The molecule has 0 aliphatic heterocycles. The van der Waals surface area contributed by atoms with Crippen molar-refractivity contribution < 1.29 is 0 Å². The summed E-state index contributed by atoms with van der Waals surface area (Å²) in [6.07, 6.45) is 3.51. The number of para-hydroxylation sites is 2. The average molecular weight is 651 g/mol. The fourth-order valence-electron chi connectivity index (χ4n) is 5.18. The molecular weight excluding hydrogens is 617 g/mol. The molecule has 7 rings (SSSR count). The predicted molar refractivity (Wildman–Crippen MR) is 206 cm³/mol. The summed E-state index contributed by atoms with van der Waals surface area (Å²) in [4.78, 5) is 19.3. The van der Waals surface area contributed by atoms with Crippen LogP contribution in [0.2, 0.25) is 0 Å². The molecular formula is C42H34N8. The fraction of sp³-hybridized carbons (Fsp3) is 0.0476. The molecule has 0 atom stereocenters. The highest BCUT2D eigenvalue weighted by atomic mass is 15.3. The molecule has 0 amide bonds. The van der Waals surface area contributed by atoms with Crippen LogP contribution in [-0.4, -0.2) is 34.1 Å². The van der Waals surface area contributed by atoms with Crippen LogP contribution >= 0.6 is 0 Å². The largest absolute Gasteiger partial charge is 0.260 e. The van der Waals surface area contributed by atoms with Gasteiger partial charge < -0.3 is 0 Å². The van der Waals surface area contributed by atoms with Crippen LogP contribution < -0.4 is 10.9 Å². The van der Waals surface area contributed by atoms with E-state index >= 15 is 0 Å². The zero-order valence-corrected chi connectivity index (χ0v) is 27.7. The van der Waals surface area contributed by atoms with Crippen molar-refractivity contribution in [3.8, 4) is 0 Å². The maximum absolute atomic E-state index is 4.83. The number of aliphatic imine (C=N–C) groups is 2. The van der Waals surface area contributed by atoms with Gasteiger partial charge >= 0.3 is 0 Å². The number of nitrogens with one attached hydrogen (secondary N) is 2. The van der Waals surface area contributed by atoms with Crippen LogP contribution in [0.1, 0.15) is 33.6 Å². The summed E-state index contributed by atoms with van der Waals surface area (Å²) in [6, 6.07) is 48.0. The summed E-state index contributed by atoms with van der Waals surface area (Å²) in [5, 5.41) is 11.2. The third-order valence-electron chi connectivity index (χ3n) is 7.94. The number of pyridine rings is 2. The first-order chi connectivity index (χ1) is 24.6. The van der Waals surface area contributed by atoms with Crippen molar-refractivity contribution in [2.75, 3.05) is 0 Å². The number of hydrogen-bond acceptors (Lipinski definition) is 6. The summed E-state index contributed by atoms with van der Waals surface area (Å²) < 4.78 is 0. The van der Waals surface area contributed by atoms with Crippen LogP contribution in [0.4, 0.5) is 11.4 Å². The third-order valence-corrected chi connectivity index (χ3v) is 7.94. The van der Waals surface area contributed by atoms with Gasteiger partial charge in [-0.15, -0.1) is 0 Å². The molecule has 0 unspecified atom stereocenters. The molecule has 242 valence electrons. The Morgan fingerprint density at radius 1 is 0.460 bits per heavy atom. The second-order valence-electron chi connectivity index (χ2n) is 11.8. The summed E-state index contributed by atoms with van der Waals surface area (Å²) >= 11 is 0. The molecule has 0 saturated heterocycles. The van der Waals surface area contributed by atoms with Gasteiger partial charge in [0, 0.05) is 10.8 Å². The molecule has 0 fully saturated rings. The van der Waals surface area contributed by atoms with Gasteiger partial charge in [-0.2, -0.15) is 10.2 Å². The standard InChI is InChI=1S/C42H34N8/c1-29-11-21-35(22-12-29)45-41(39-25-19-33-7-3-5-9-37(33)47-39)49-43-27-31-15-17-32(18-16-31)28-44-50-42(46-36-23-13-30(2)14-24-36)40-26-20-34-8-4-6-10-38(34)48-40/h3-28H,1-2H3,(H,45,49)(H,46,50). The Hall–Kier alpha value is -6.80. The molecule has 0 radical (unpaired) electrons. The summed E-state index contributed by atoms with van der Waals surface area (Å²) in [5.74, 6) is 1.10. The van der Waals surface area contributed by atoms with E-state index in [2.05, 4.69) is 34.9 Å². The minimum atomic E-state index is 0.551. The van der Waals surface area contributed by atoms with Crippen LogP contribution in [0.5, 0.6) is 0 Å². The molecule has 5 aromatic carbocycles. The maximum Gasteiger partial charge on any atom is 0.173 e. The first-order valence-electron chi connectivity index (χ1n) is 16.3. The third kappa shape index (κ3) is 8.00. The quantitative estimate of drug-likeness (QED) is 0.0976. The molecule has 0 saturated carbocycles. The van der Waals surface area contributed by atoms with Crippen LogP contribution in [0.3, 0.4) is 0 Å². The van der Waals surface area contributed by atoms with Gasteiger partial charge in [0.25, 0.3) is 0 Å². The van der Waals surface area contributed by atoms with Crippen LogP contribution in [0.25, 0.3) is 21.8 Å². The van der Waals surface area contributed by atoms with Crippen LogP contribution in [0.15, 0.2) is 166 Å². The molecule has 7 aromatic rings. The molecule has 0 aliphatic carbocycles. The molecule has 8 nitrogen and oxygen atoms in total. The smallest absolute Gasteiger partial charge is 0.173 e. The van der Waals surface area contributed by atoms with Gasteiger partial charge in [-0.3, -0.25) is 10.9 Å². The number of fused-ring (bicyclic) bond motifs is 2. The highest BCUT2D eigenvalue weighted by Gasteiger charge is 2.08. The molecule has 2 N–H and O–H groups in total. The minimum absolute atomic E-state index is 0.551. The van der Waals surface area contributed by atoms with Gasteiger partial charge in [0.1, 0.15) is 11.4 Å². The van der Waals surface area contributed by atoms with Crippen molar-refractivity contribution in [2.24, 2.45) is 20.2 Å². The van der Waals surface area contributed by atoms with Crippen molar-refractivity contribution in [2.45, 2.75) is 13.8 Å². The molecule has 0 spiro atoms. The number of hydrazone groups is 2. The van der Waals surface area contributed by atoms with E-state index in [1.807, 2.05) is 146 Å². The Labute approximate surface area is 290 Å². The lowest BCUT2D eigenvalue weighted by Crippen LogP contribution is -2.20. The van der Waals surface area contributed by atoms with E-state index in [9.17, 15) is 0 Å². The Kier molecular flexibility index (Phi) is 9.51. The Bertz CT molecular complexity index is 2200. The second-order valence-corrected chi connectivity index (χ2v) is 11.8. The number of benzene rings is 5. The van der Waals surface area contributed by atoms with E-state index in [-0.39, 0.29) is 0 Å². The second kappa shape index (κ2) is 15.0. The topological polar surface area (TPSA) is 99.3 Å². The number of hydrogen-bond donors (Lipinski definition) is 2. The SMILES string of the molecule is Cc1ccc(N=C(NN=Cc2ccc(C=NNC(=Nc3ccc(C)cc3)c3ccc4ccccc4n3)cc2)c2ccc3ccccc3n2)cc1. The van der Waals surface area contributed by atoms with Crippen molar-refractivity contribution in [3.63, 3.8) is 0 Å². The number of aromatic nitrogens is 2. The Morgan fingerprint density at radius 2 is 0.860 bits per heavy atom. The molecule has 2 heterocycles. The van der Waals surface area contributed by atoms with Crippen LogP contribution in [-0.2, 0) is 0 Å². The zero-order chi connectivity index (χ0) is 34.1. The highest BCUT2D eigenvalue weighted by Crippen LogP contribution is 2.18. The maximum atomic E-state index is 4.83. The van der Waals surface area contributed by atoms with Gasteiger partial charge in [0.2, 0.25) is 0 Å². The van der Waals surface area contributed by atoms with Gasteiger partial charge in [-0.05, 0) is 73.5 Å². The van der Waals surface area contributed by atoms with Crippen molar-refractivity contribution in [3.05, 3.63) is 179 Å². The average Bonchev–Trinajstić information content (AvgIpc) is 3.16. The number of rotatable bonds is 8. The van der Waals surface area contributed by atoms with Gasteiger partial charge in [0.05, 0.1) is 34.8 Å². The summed E-state index contributed by atoms with van der Waals surface area (Å²) in [7, 11) is 0. The summed E-state index contributed by atoms with van der Waals surface area (Å²) in [6.45, 7) is 4.11. The highest BCUT2D eigenvalue weighted by molar-refractivity contribution is 6.02. The molecule has 0 bridgehead atoms. The Morgan fingerprint density at radius 3 is 1.28 bits per heavy atom. The number of amidine groups is 2. The molecule has 8 heteroatoms. The monoisotopic (exact) mass is 650 g/mol. The van der Waals surface area contributed by atoms with E-state index in [1.54, 1.807) is 12.4 Å². The first kappa shape index (κ1) is 31.8. The van der Waals surface area contributed by atoms with Crippen molar-refractivity contribution in [1.82, 2.24) is 20.8 Å². The Balaban J connectivity index is 1.07. The van der Waals surface area contributed by atoms with E-state index in [4.69, 9.17) is 20.0 Å². The van der Waals surface area contributed by atoms with Crippen molar-refractivity contribution >= 4 is 57.3 Å². The van der Waals surface area contributed by atoms with Gasteiger partial charge in [-0.25, -0.2) is 20.0 Å². The first-order valence-corrected chi connectivity index (χ1v) is 16.3. The van der Waals surface area contributed by atoms with E-state index in [0.29, 0.717) is 23.1 Å². The lowest BCUT2D eigenvalue weighted by molar-refractivity contribution is 1.02. The van der Waals surface area contributed by atoms with E-state index < -0.39 is 0 Å². The number of aryl methyl sites for hydroxylation is 2. The lowest BCUT2D eigenvalue weighted by atomic mass is 10.2. The molecule has 50 heavy (non-hydrogen) atoms. The lowest BCUT2D eigenvalue weighted by Gasteiger charge is -2.08. The zero-order valence-electron chi connectivity index (χ0n) is 27.7. The van der Waals surface area contributed by atoms with E-state index in [1.165, 1.54) is 11.1 Å². The normalized spacial score (nSPS) is 12.3. The van der Waals surface area contributed by atoms with Gasteiger partial charge in [-0.1, -0.05) is 108 Å². The van der Waals surface area contributed by atoms with Crippen molar-refractivity contribution in [1.29, 1.82) is 0 Å². The number of nitrogens with zero attached hydrogens (tertiary/aromatic N) is 6. The summed E-state index contributed by atoms with van der Waals surface area (Å²) in [5.41, 5.74) is 15.2. The molecule has 0 aliphatic rings. The molecule has 2 aromatic heterocycles. The fourth-order valence-corrected chi connectivity index (χ4v) is 5.18. The van der Waals surface area contributed by atoms with Crippen LogP contribution in [0, 0.1) is 13.8 Å². The predicted octanol–water partition coefficient (Wildman–Crippen LogP) is 8.80. The van der Waals surface area contributed by atoms with Gasteiger partial charge in [0.15, 0.2) is 11.7 Å². The minimum Gasteiger partial charge on any atom is -0.260 e. The van der Waals surface area contributed by atoms with E-state index in [0.717, 1.165) is 44.3 Å².